The molecule has 1 aromatic carbocycles. The smallest absolute Gasteiger partial charge is 0.332 e. The van der Waals surface area contributed by atoms with Crippen LogP contribution in [0.5, 0.6) is 5.75 Å². The molecule has 0 amide bonds. The van der Waals surface area contributed by atoms with Crippen LogP contribution in [0.2, 0.25) is 5.02 Å². The van der Waals surface area contributed by atoms with Gasteiger partial charge in [0.2, 0.25) is 0 Å². The predicted octanol–water partition coefficient (Wildman–Crippen LogP) is 2.38. The summed E-state index contributed by atoms with van der Waals surface area (Å²) in [7, 11) is 1.56. The molecule has 0 fully saturated rings. The Morgan fingerprint density at radius 2 is 2.21 bits per heavy atom. The maximum atomic E-state index is 12.1. The minimum atomic E-state index is -0.288. The highest BCUT2D eigenvalue weighted by Crippen LogP contribution is 2.26. The molecule has 96 valence electrons. The van der Waals surface area contributed by atoms with Gasteiger partial charge in [0.1, 0.15) is 5.75 Å². The highest BCUT2D eigenvalue weighted by molar-refractivity contribution is 6.32. The van der Waals surface area contributed by atoms with E-state index in [1.165, 1.54) is 4.57 Å². The first kappa shape index (κ1) is 11.8. The highest BCUT2D eigenvalue weighted by atomic mass is 35.5. The number of methoxy groups -OCH3 is 1. The van der Waals surface area contributed by atoms with Crippen molar-refractivity contribution in [1.82, 2.24) is 14.5 Å². The van der Waals surface area contributed by atoms with Crippen molar-refractivity contribution in [3.63, 3.8) is 0 Å². The zero-order valence-corrected chi connectivity index (χ0v) is 10.8. The van der Waals surface area contributed by atoms with Gasteiger partial charge >= 0.3 is 5.69 Å². The molecule has 3 rings (SSSR count). The number of rotatable bonds is 2. The number of hydrogen-bond acceptors (Lipinski definition) is 3. The summed E-state index contributed by atoms with van der Waals surface area (Å²) in [5.41, 5.74) is 1.44. The van der Waals surface area contributed by atoms with E-state index in [-0.39, 0.29) is 5.69 Å². The Bertz CT molecular complexity index is 807. The molecular formula is C13H10ClN3O2. The van der Waals surface area contributed by atoms with Gasteiger partial charge in [-0.3, -0.25) is 0 Å². The van der Waals surface area contributed by atoms with E-state index in [0.29, 0.717) is 27.6 Å². The van der Waals surface area contributed by atoms with Gasteiger partial charge < -0.3 is 9.72 Å². The Kier molecular flexibility index (Phi) is 2.76. The van der Waals surface area contributed by atoms with Crippen LogP contribution in [0.1, 0.15) is 0 Å². The Morgan fingerprint density at radius 1 is 1.37 bits per heavy atom. The lowest BCUT2D eigenvalue weighted by molar-refractivity contribution is 0.414. The van der Waals surface area contributed by atoms with E-state index in [1.54, 1.807) is 43.6 Å². The third-order valence-electron chi connectivity index (χ3n) is 2.84. The Balaban J connectivity index is 2.36. The zero-order valence-electron chi connectivity index (χ0n) is 10.1. The number of nitrogens with zero attached hydrogens (tertiary/aromatic N) is 2. The number of halogens is 1. The van der Waals surface area contributed by atoms with Gasteiger partial charge in [0.25, 0.3) is 0 Å². The van der Waals surface area contributed by atoms with E-state index in [2.05, 4.69) is 9.97 Å². The van der Waals surface area contributed by atoms with E-state index in [1.807, 2.05) is 0 Å². The summed E-state index contributed by atoms with van der Waals surface area (Å²) < 4.78 is 6.59. The van der Waals surface area contributed by atoms with Crippen LogP contribution in [0.3, 0.4) is 0 Å². The van der Waals surface area contributed by atoms with E-state index >= 15 is 0 Å². The second kappa shape index (κ2) is 4.44. The number of aromatic amines is 1. The third kappa shape index (κ3) is 1.88. The zero-order chi connectivity index (χ0) is 13.4. The van der Waals surface area contributed by atoms with E-state index in [4.69, 9.17) is 16.3 Å². The number of pyridine rings is 1. The van der Waals surface area contributed by atoms with Crippen LogP contribution in [-0.2, 0) is 0 Å². The summed E-state index contributed by atoms with van der Waals surface area (Å²) in [5.74, 6) is 0.622. The Hall–Kier alpha value is -2.27. The van der Waals surface area contributed by atoms with Crippen LogP contribution in [0, 0.1) is 0 Å². The molecule has 0 aliphatic rings. The second-order valence-electron chi connectivity index (χ2n) is 3.96. The highest BCUT2D eigenvalue weighted by Gasteiger charge is 2.13. The summed E-state index contributed by atoms with van der Waals surface area (Å²) in [6, 6.07) is 8.67. The molecule has 19 heavy (non-hydrogen) atoms. The number of imidazole rings is 1. The number of H-pyrrole nitrogens is 1. The van der Waals surface area contributed by atoms with Gasteiger partial charge in [0.15, 0.2) is 5.65 Å². The maximum Gasteiger partial charge on any atom is 0.332 e. The van der Waals surface area contributed by atoms with Gasteiger partial charge in [-0.05, 0) is 24.3 Å². The van der Waals surface area contributed by atoms with Crippen molar-refractivity contribution in [1.29, 1.82) is 0 Å². The number of aromatic nitrogens is 3. The largest absolute Gasteiger partial charge is 0.497 e. The minimum Gasteiger partial charge on any atom is -0.497 e. The maximum absolute atomic E-state index is 12.1. The third-order valence-corrected chi connectivity index (χ3v) is 3.16. The van der Waals surface area contributed by atoms with Crippen LogP contribution in [-0.4, -0.2) is 21.6 Å². The summed E-state index contributed by atoms with van der Waals surface area (Å²) in [4.78, 5) is 19.0. The van der Waals surface area contributed by atoms with Crippen LogP contribution < -0.4 is 10.4 Å². The van der Waals surface area contributed by atoms with Crippen molar-refractivity contribution in [3.8, 4) is 11.4 Å². The molecule has 0 aliphatic carbocycles. The first-order chi connectivity index (χ1) is 9.20. The van der Waals surface area contributed by atoms with Crippen molar-refractivity contribution in [2.24, 2.45) is 0 Å². The first-order valence-electron chi connectivity index (χ1n) is 5.60. The molecule has 3 aromatic rings. The Morgan fingerprint density at radius 3 is 3.00 bits per heavy atom. The molecule has 5 nitrogen and oxygen atoms in total. The molecule has 0 saturated carbocycles. The van der Waals surface area contributed by atoms with Gasteiger partial charge in [0, 0.05) is 12.3 Å². The molecular weight excluding hydrogens is 266 g/mol. The second-order valence-corrected chi connectivity index (χ2v) is 4.36. The molecule has 0 saturated heterocycles. The first-order valence-corrected chi connectivity index (χ1v) is 5.98. The van der Waals surface area contributed by atoms with E-state index in [0.717, 1.165) is 0 Å². The average molecular weight is 276 g/mol. The van der Waals surface area contributed by atoms with E-state index < -0.39 is 0 Å². The molecule has 1 N–H and O–H groups in total. The van der Waals surface area contributed by atoms with Crippen LogP contribution in [0.25, 0.3) is 16.9 Å². The quantitative estimate of drug-likeness (QED) is 0.781. The lowest BCUT2D eigenvalue weighted by Gasteiger charge is -2.07. The summed E-state index contributed by atoms with van der Waals surface area (Å²) in [6.07, 6.45) is 1.63. The van der Waals surface area contributed by atoms with Crippen molar-refractivity contribution in [2.45, 2.75) is 0 Å². The fourth-order valence-electron chi connectivity index (χ4n) is 1.95. The number of hydrogen-bond donors (Lipinski definition) is 1. The molecule has 2 aromatic heterocycles. The lowest BCUT2D eigenvalue weighted by Crippen LogP contribution is -2.15. The average Bonchev–Trinajstić information content (AvgIpc) is 2.75. The molecule has 6 heteroatoms. The van der Waals surface area contributed by atoms with Gasteiger partial charge in [-0.25, -0.2) is 14.3 Å². The fraction of sp³-hybridized carbons (Fsp3) is 0.0769. The monoisotopic (exact) mass is 275 g/mol. The predicted molar refractivity (Wildman–Crippen MR) is 73.3 cm³/mol. The molecule has 2 heterocycles. The molecule has 0 atom stereocenters. The SMILES string of the molecule is COc1ccc(Cl)c(-n2c(=O)[nH]c3cccnc32)c1. The number of ether oxygens (including phenoxy) is 1. The number of nitrogens with one attached hydrogen (secondary N) is 1. The summed E-state index contributed by atoms with van der Waals surface area (Å²) >= 11 is 6.16. The Labute approximate surface area is 113 Å². The van der Waals surface area contributed by atoms with Crippen molar-refractivity contribution in [2.75, 3.05) is 7.11 Å². The van der Waals surface area contributed by atoms with Gasteiger partial charge in [0.05, 0.1) is 23.3 Å². The topological polar surface area (TPSA) is 59.9 Å². The molecule has 0 spiro atoms. The lowest BCUT2D eigenvalue weighted by atomic mass is 10.3. The standard InChI is InChI=1S/C13H10ClN3O2/c1-19-8-4-5-9(14)11(7-8)17-12-10(16-13(17)18)3-2-6-15-12/h2-7H,1H3,(H,16,18). The van der Waals surface area contributed by atoms with Gasteiger partial charge in [-0.2, -0.15) is 0 Å². The molecule has 0 aliphatic heterocycles. The van der Waals surface area contributed by atoms with Crippen LogP contribution >= 0.6 is 11.6 Å². The molecule has 0 unspecified atom stereocenters. The normalized spacial score (nSPS) is 10.8. The van der Waals surface area contributed by atoms with Crippen molar-refractivity contribution < 1.29 is 4.74 Å². The van der Waals surface area contributed by atoms with Crippen LogP contribution in [0.4, 0.5) is 0 Å². The summed E-state index contributed by atoms with van der Waals surface area (Å²) in [6.45, 7) is 0. The van der Waals surface area contributed by atoms with E-state index in [9.17, 15) is 4.79 Å². The number of benzene rings is 1. The minimum absolute atomic E-state index is 0.288. The number of fused-ring (bicyclic) bond motifs is 1. The fourth-order valence-corrected chi connectivity index (χ4v) is 2.16. The summed E-state index contributed by atoms with van der Waals surface area (Å²) in [5, 5.41) is 0.453. The van der Waals surface area contributed by atoms with Crippen molar-refractivity contribution in [3.05, 3.63) is 52.0 Å². The van der Waals surface area contributed by atoms with Gasteiger partial charge in [-0.15, -0.1) is 0 Å². The van der Waals surface area contributed by atoms with Crippen LogP contribution in [0.15, 0.2) is 41.3 Å². The molecule has 0 radical (unpaired) electrons. The molecule has 0 bridgehead atoms. The van der Waals surface area contributed by atoms with Crippen molar-refractivity contribution >= 4 is 22.8 Å². The van der Waals surface area contributed by atoms with Gasteiger partial charge in [-0.1, -0.05) is 11.6 Å².